The number of hydrogen-bond acceptors (Lipinski definition) is 4. The van der Waals surface area contributed by atoms with Gasteiger partial charge in [0.25, 0.3) is 5.91 Å². The number of halogens is 2. The quantitative estimate of drug-likeness (QED) is 0.368. The highest BCUT2D eigenvalue weighted by Gasteiger charge is 2.22. The SMILES string of the molecule is Cc1c(Cl)ccc2sc(N(Cc3ccccc3)C(=O)COc3ccc(F)cc3)nc12. The molecule has 1 heterocycles. The Bertz CT molecular complexity index is 1180. The van der Waals surface area contributed by atoms with Crippen molar-refractivity contribution in [2.45, 2.75) is 13.5 Å². The van der Waals surface area contributed by atoms with E-state index in [1.165, 1.54) is 35.6 Å². The van der Waals surface area contributed by atoms with Crippen molar-refractivity contribution in [3.05, 3.63) is 88.7 Å². The molecule has 30 heavy (non-hydrogen) atoms. The van der Waals surface area contributed by atoms with Crippen LogP contribution in [0.4, 0.5) is 9.52 Å². The van der Waals surface area contributed by atoms with Crippen LogP contribution in [0.5, 0.6) is 5.75 Å². The Morgan fingerprint density at radius 3 is 2.57 bits per heavy atom. The average Bonchev–Trinajstić information content (AvgIpc) is 3.19. The van der Waals surface area contributed by atoms with Gasteiger partial charge >= 0.3 is 0 Å². The van der Waals surface area contributed by atoms with E-state index in [9.17, 15) is 9.18 Å². The fourth-order valence-electron chi connectivity index (χ4n) is 2.99. The van der Waals surface area contributed by atoms with Gasteiger partial charge in [0.05, 0.1) is 16.8 Å². The molecule has 1 amide bonds. The lowest BCUT2D eigenvalue weighted by atomic mass is 10.2. The van der Waals surface area contributed by atoms with Gasteiger partial charge < -0.3 is 4.74 Å². The molecule has 0 saturated carbocycles. The number of ether oxygens (including phenoxy) is 1. The Kier molecular flexibility index (Phi) is 5.97. The topological polar surface area (TPSA) is 42.4 Å². The van der Waals surface area contributed by atoms with Crippen LogP contribution < -0.4 is 9.64 Å². The van der Waals surface area contributed by atoms with Crippen LogP contribution >= 0.6 is 22.9 Å². The lowest BCUT2D eigenvalue weighted by Gasteiger charge is -2.20. The summed E-state index contributed by atoms with van der Waals surface area (Å²) in [5.74, 6) is -0.176. The summed E-state index contributed by atoms with van der Waals surface area (Å²) in [5, 5.41) is 1.21. The summed E-state index contributed by atoms with van der Waals surface area (Å²) in [7, 11) is 0. The average molecular weight is 441 g/mol. The second-order valence-electron chi connectivity index (χ2n) is 6.72. The molecule has 0 unspecified atom stereocenters. The van der Waals surface area contributed by atoms with Crippen LogP contribution in [-0.4, -0.2) is 17.5 Å². The Morgan fingerprint density at radius 2 is 1.83 bits per heavy atom. The predicted octanol–water partition coefficient (Wildman–Crippen LogP) is 6.01. The van der Waals surface area contributed by atoms with Crippen molar-refractivity contribution in [1.82, 2.24) is 4.98 Å². The number of fused-ring (bicyclic) bond motifs is 1. The Balaban J connectivity index is 1.63. The Morgan fingerprint density at radius 1 is 1.10 bits per heavy atom. The highest BCUT2D eigenvalue weighted by molar-refractivity contribution is 7.22. The van der Waals surface area contributed by atoms with E-state index in [-0.39, 0.29) is 18.3 Å². The number of thiazole rings is 1. The first-order chi connectivity index (χ1) is 14.5. The molecule has 152 valence electrons. The number of aryl methyl sites for hydroxylation is 1. The van der Waals surface area contributed by atoms with Gasteiger partial charge in [0, 0.05) is 5.02 Å². The molecule has 1 aromatic heterocycles. The molecule has 4 aromatic rings. The molecule has 4 rings (SSSR count). The van der Waals surface area contributed by atoms with Crippen molar-refractivity contribution in [2.24, 2.45) is 0 Å². The highest BCUT2D eigenvalue weighted by atomic mass is 35.5. The minimum atomic E-state index is -0.358. The molecule has 0 bridgehead atoms. The van der Waals surface area contributed by atoms with Crippen molar-refractivity contribution in [3.8, 4) is 5.75 Å². The van der Waals surface area contributed by atoms with Crippen molar-refractivity contribution in [2.75, 3.05) is 11.5 Å². The molecule has 0 spiro atoms. The molecule has 4 nitrogen and oxygen atoms in total. The molecular weight excluding hydrogens is 423 g/mol. The van der Waals surface area contributed by atoms with Crippen molar-refractivity contribution < 1.29 is 13.9 Å². The smallest absolute Gasteiger partial charge is 0.267 e. The predicted molar refractivity (Wildman–Crippen MR) is 119 cm³/mol. The minimum Gasteiger partial charge on any atom is -0.484 e. The van der Waals surface area contributed by atoms with Crippen LogP contribution in [-0.2, 0) is 11.3 Å². The van der Waals surface area contributed by atoms with Crippen LogP contribution in [0.15, 0.2) is 66.7 Å². The molecule has 0 radical (unpaired) electrons. The second kappa shape index (κ2) is 8.81. The molecule has 0 aliphatic heterocycles. The fourth-order valence-corrected chi connectivity index (χ4v) is 4.18. The first kappa shape index (κ1) is 20.3. The van der Waals surface area contributed by atoms with E-state index in [0.29, 0.717) is 22.4 Å². The van der Waals surface area contributed by atoms with E-state index in [4.69, 9.17) is 21.3 Å². The van der Waals surface area contributed by atoms with E-state index in [1.807, 2.05) is 49.4 Å². The standard InChI is InChI=1S/C23H18ClFN2O2S/c1-15-19(24)11-12-20-22(15)26-23(30-20)27(13-16-5-3-2-4-6-16)21(28)14-29-18-9-7-17(25)8-10-18/h2-12H,13-14H2,1H3. The van der Waals surface area contributed by atoms with Gasteiger partial charge in [0.2, 0.25) is 0 Å². The third kappa shape index (κ3) is 4.45. The van der Waals surface area contributed by atoms with Gasteiger partial charge in [-0.25, -0.2) is 9.37 Å². The van der Waals surface area contributed by atoms with Crippen LogP contribution in [0, 0.1) is 12.7 Å². The van der Waals surface area contributed by atoms with Crippen LogP contribution in [0.25, 0.3) is 10.2 Å². The van der Waals surface area contributed by atoms with Gasteiger partial charge in [-0.3, -0.25) is 9.69 Å². The van der Waals surface area contributed by atoms with Crippen molar-refractivity contribution in [3.63, 3.8) is 0 Å². The number of nitrogens with zero attached hydrogens (tertiary/aromatic N) is 2. The zero-order valence-electron chi connectivity index (χ0n) is 16.1. The second-order valence-corrected chi connectivity index (χ2v) is 8.14. The van der Waals surface area contributed by atoms with Crippen LogP contribution in [0.2, 0.25) is 5.02 Å². The van der Waals surface area contributed by atoms with E-state index in [1.54, 1.807) is 4.90 Å². The van der Waals surface area contributed by atoms with Crippen molar-refractivity contribution >= 4 is 44.2 Å². The molecule has 0 aliphatic carbocycles. The molecule has 0 aliphatic rings. The van der Waals surface area contributed by atoms with Gasteiger partial charge in [0.1, 0.15) is 11.6 Å². The van der Waals surface area contributed by atoms with Gasteiger partial charge in [-0.2, -0.15) is 0 Å². The van der Waals surface area contributed by atoms with E-state index < -0.39 is 0 Å². The summed E-state index contributed by atoms with van der Waals surface area (Å²) in [6.45, 7) is 2.09. The molecule has 0 N–H and O–H groups in total. The third-order valence-corrected chi connectivity index (χ3v) is 6.08. The maximum atomic E-state index is 13.1. The normalized spacial score (nSPS) is 10.9. The van der Waals surface area contributed by atoms with E-state index >= 15 is 0 Å². The van der Waals surface area contributed by atoms with E-state index in [2.05, 4.69) is 0 Å². The third-order valence-electron chi connectivity index (χ3n) is 4.63. The van der Waals surface area contributed by atoms with Gasteiger partial charge in [0.15, 0.2) is 11.7 Å². The number of anilines is 1. The number of benzene rings is 3. The van der Waals surface area contributed by atoms with Gasteiger partial charge in [-0.15, -0.1) is 0 Å². The van der Waals surface area contributed by atoms with E-state index in [0.717, 1.165) is 21.3 Å². The van der Waals surface area contributed by atoms with Crippen LogP contribution in [0.1, 0.15) is 11.1 Å². The number of rotatable bonds is 6. The maximum absolute atomic E-state index is 13.1. The van der Waals surface area contributed by atoms with Crippen LogP contribution in [0.3, 0.4) is 0 Å². The number of carbonyl (C=O) groups is 1. The molecular formula is C23H18ClFN2O2S. The maximum Gasteiger partial charge on any atom is 0.267 e. The lowest BCUT2D eigenvalue weighted by molar-refractivity contribution is -0.120. The van der Waals surface area contributed by atoms with Gasteiger partial charge in [-0.05, 0) is 54.4 Å². The highest BCUT2D eigenvalue weighted by Crippen LogP contribution is 2.34. The first-order valence-electron chi connectivity index (χ1n) is 9.29. The molecule has 0 fully saturated rings. The number of carbonyl (C=O) groups excluding carboxylic acids is 1. The lowest BCUT2D eigenvalue weighted by Crippen LogP contribution is -2.34. The number of hydrogen-bond donors (Lipinski definition) is 0. The number of amides is 1. The Hall–Kier alpha value is -2.96. The largest absolute Gasteiger partial charge is 0.484 e. The number of aromatic nitrogens is 1. The zero-order chi connectivity index (χ0) is 21.1. The summed E-state index contributed by atoms with van der Waals surface area (Å²) in [4.78, 5) is 19.4. The molecule has 0 atom stereocenters. The summed E-state index contributed by atoms with van der Waals surface area (Å²) in [6, 6.07) is 19.0. The van der Waals surface area contributed by atoms with Crippen molar-refractivity contribution in [1.29, 1.82) is 0 Å². The Labute approximate surface area is 182 Å². The summed E-state index contributed by atoms with van der Waals surface area (Å²) < 4.78 is 19.6. The summed E-state index contributed by atoms with van der Waals surface area (Å²) in [6.07, 6.45) is 0. The van der Waals surface area contributed by atoms with Gasteiger partial charge in [-0.1, -0.05) is 53.3 Å². The minimum absolute atomic E-state index is 0.186. The molecule has 7 heteroatoms. The monoisotopic (exact) mass is 440 g/mol. The summed E-state index contributed by atoms with van der Waals surface area (Å²) >= 11 is 7.66. The zero-order valence-corrected chi connectivity index (χ0v) is 17.7. The summed E-state index contributed by atoms with van der Waals surface area (Å²) in [5.41, 5.74) is 2.64. The molecule has 0 saturated heterocycles. The first-order valence-corrected chi connectivity index (χ1v) is 10.5. The fraction of sp³-hybridized carbons (Fsp3) is 0.130. The molecule has 3 aromatic carbocycles.